The molecule has 0 aliphatic carbocycles. The second-order valence-electron chi connectivity index (χ2n) is 4.31. The van der Waals surface area contributed by atoms with Gasteiger partial charge in [-0.25, -0.2) is 4.39 Å². The number of nitrogens with one attached hydrogen (secondary N) is 2. The summed E-state index contributed by atoms with van der Waals surface area (Å²) in [6.07, 6.45) is 0.869. The molecule has 0 aliphatic rings. The lowest BCUT2D eigenvalue weighted by Gasteiger charge is -2.18. The fourth-order valence-corrected chi connectivity index (χ4v) is 1.49. The maximum atomic E-state index is 13.2. The zero-order valence-electron chi connectivity index (χ0n) is 10.8. The molecule has 2 N–H and O–H groups in total. The predicted molar refractivity (Wildman–Crippen MR) is 72.4 cm³/mol. The maximum Gasteiger partial charge on any atom is 0.242 e. The van der Waals surface area contributed by atoms with E-state index in [1.54, 1.807) is 13.0 Å². The molecular weight excluding hydrogens is 255 g/mol. The summed E-state index contributed by atoms with van der Waals surface area (Å²) in [7, 11) is 0. The molecule has 0 spiro atoms. The number of amides is 1. The molecule has 2 atom stereocenters. The van der Waals surface area contributed by atoms with Crippen molar-refractivity contribution in [3.63, 3.8) is 0 Å². The van der Waals surface area contributed by atoms with Gasteiger partial charge in [0.2, 0.25) is 5.91 Å². The highest BCUT2D eigenvalue weighted by molar-refractivity contribution is 6.30. The summed E-state index contributed by atoms with van der Waals surface area (Å²) in [6.45, 7) is 5.66. The van der Waals surface area contributed by atoms with E-state index in [2.05, 4.69) is 10.6 Å². The average Bonchev–Trinajstić information content (AvgIpc) is 2.33. The molecule has 1 aromatic carbocycles. The van der Waals surface area contributed by atoms with Crippen LogP contribution in [0.5, 0.6) is 0 Å². The van der Waals surface area contributed by atoms with Crippen LogP contribution in [0.1, 0.15) is 27.2 Å². The molecule has 1 aromatic rings. The van der Waals surface area contributed by atoms with E-state index in [9.17, 15) is 9.18 Å². The second-order valence-corrected chi connectivity index (χ2v) is 4.72. The third kappa shape index (κ3) is 4.18. The first kappa shape index (κ1) is 14.8. The summed E-state index contributed by atoms with van der Waals surface area (Å²) in [5, 5.41) is 5.85. The Morgan fingerprint density at radius 1 is 1.44 bits per heavy atom. The normalized spacial score (nSPS) is 13.8. The van der Waals surface area contributed by atoms with E-state index in [4.69, 9.17) is 11.6 Å². The molecule has 0 aliphatic heterocycles. The monoisotopic (exact) mass is 272 g/mol. The minimum absolute atomic E-state index is 0.0669. The summed E-state index contributed by atoms with van der Waals surface area (Å²) in [5.41, 5.74) is 0.531. The molecule has 18 heavy (non-hydrogen) atoms. The van der Waals surface area contributed by atoms with Gasteiger partial charge in [0.1, 0.15) is 11.9 Å². The third-order valence-corrected chi connectivity index (χ3v) is 3.00. The van der Waals surface area contributed by atoms with Crippen LogP contribution >= 0.6 is 11.6 Å². The molecule has 100 valence electrons. The lowest BCUT2D eigenvalue weighted by atomic mass is 10.2. The molecule has 3 nitrogen and oxygen atoms in total. The van der Waals surface area contributed by atoms with Gasteiger partial charge in [0, 0.05) is 11.7 Å². The van der Waals surface area contributed by atoms with Crippen LogP contribution < -0.4 is 10.6 Å². The molecule has 2 unspecified atom stereocenters. The van der Waals surface area contributed by atoms with Gasteiger partial charge in [-0.05, 0) is 38.5 Å². The number of anilines is 1. The van der Waals surface area contributed by atoms with E-state index in [0.717, 1.165) is 6.42 Å². The molecule has 5 heteroatoms. The van der Waals surface area contributed by atoms with Gasteiger partial charge in [-0.3, -0.25) is 4.79 Å². The SMILES string of the molecule is CCC(C)NC(=O)C(C)Nc1ccc(Cl)c(F)c1. The Bertz CT molecular complexity index is 425. The van der Waals surface area contributed by atoms with Crippen LogP contribution in [0.15, 0.2) is 18.2 Å². The van der Waals surface area contributed by atoms with Crippen molar-refractivity contribution in [2.24, 2.45) is 0 Å². The van der Waals surface area contributed by atoms with Crippen LogP contribution in [-0.2, 0) is 4.79 Å². The van der Waals surface area contributed by atoms with Crippen molar-refractivity contribution >= 4 is 23.2 Å². The quantitative estimate of drug-likeness (QED) is 0.864. The summed E-state index contributed by atoms with van der Waals surface area (Å²) in [5.74, 6) is -0.615. The summed E-state index contributed by atoms with van der Waals surface area (Å²) >= 11 is 5.59. The van der Waals surface area contributed by atoms with E-state index in [1.165, 1.54) is 12.1 Å². The summed E-state index contributed by atoms with van der Waals surface area (Å²) in [4.78, 5) is 11.8. The first-order valence-corrected chi connectivity index (χ1v) is 6.33. The molecule has 1 amide bonds. The lowest BCUT2D eigenvalue weighted by Crippen LogP contribution is -2.41. The smallest absolute Gasteiger partial charge is 0.242 e. The second kappa shape index (κ2) is 6.59. The molecule has 0 heterocycles. The van der Waals surface area contributed by atoms with Gasteiger partial charge in [-0.15, -0.1) is 0 Å². The molecule has 0 saturated heterocycles. The fourth-order valence-electron chi connectivity index (χ4n) is 1.37. The zero-order chi connectivity index (χ0) is 13.7. The largest absolute Gasteiger partial charge is 0.374 e. The molecule has 0 saturated carbocycles. The van der Waals surface area contributed by atoms with E-state index >= 15 is 0 Å². The summed E-state index contributed by atoms with van der Waals surface area (Å²) in [6, 6.07) is 4.06. The van der Waals surface area contributed by atoms with Crippen molar-refractivity contribution in [3.05, 3.63) is 29.0 Å². The van der Waals surface area contributed by atoms with Gasteiger partial charge >= 0.3 is 0 Å². The van der Waals surface area contributed by atoms with Crippen LogP contribution in [0.2, 0.25) is 5.02 Å². The van der Waals surface area contributed by atoms with Crippen molar-refractivity contribution in [1.29, 1.82) is 0 Å². The fraction of sp³-hybridized carbons (Fsp3) is 0.462. The number of halogens is 2. The van der Waals surface area contributed by atoms with Gasteiger partial charge < -0.3 is 10.6 Å². The molecular formula is C13H18ClFN2O. The number of benzene rings is 1. The van der Waals surface area contributed by atoms with Gasteiger partial charge in [-0.1, -0.05) is 18.5 Å². The Balaban J connectivity index is 2.60. The highest BCUT2D eigenvalue weighted by Gasteiger charge is 2.14. The van der Waals surface area contributed by atoms with Crippen molar-refractivity contribution in [2.45, 2.75) is 39.3 Å². The number of hydrogen-bond acceptors (Lipinski definition) is 2. The molecule has 0 bridgehead atoms. The van der Waals surface area contributed by atoms with Crippen LogP contribution in [0.25, 0.3) is 0 Å². The highest BCUT2D eigenvalue weighted by atomic mass is 35.5. The van der Waals surface area contributed by atoms with Gasteiger partial charge in [0.25, 0.3) is 0 Å². The van der Waals surface area contributed by atoms with Crippen LogP contribution in [-0.4, -0.2) is 18.0 Å². The minimum atomic E-state index is -0.504. The van der Waals surface area contributed by atoms with Crippen molar-refractivity contribution in [3.8, 4) is 0 Å². The first-order valence-electron chi connectivity index (χ1n) is 5.96. The summed E-state index contributed by atoms with van der Waals surface area (Å²) < 4.78 is 13.2. The van der Waals surface area contributed by atoms with Crippen molar-refractivity contribution in [2.75, 3.05) is 5.32 Å². The Morgan fingerprint density at radius 3 is 2.67 bits per heavy atom. The predicted octanol–water partition coefficient (Wildman–Crippen LogP) is 3.19. The number of carbonyl (C=O) groups is 1. The Morgan fingerprint density at radius 2 is 2.11 bits per heavy atom. The number of carbonyl (C=O) groups excluding carboxylic acids is 1. The lowest BCUT2D eigenvalue weighted by molar-refractivity contribution is -0.122. The Kier molecular flexibility index (Phi) is 5.41. The maximum absolute atomic E-state index is 13.2. The Hall–Kier alpha value is -1.29. The third-order valence-electron chi connectivity index (χ3n) is 2.70. The van der Waals surface area contributed by atoms with Crippen molar-refractivity contribution in [1.82, 2.24) is 5.32 Å². The molecule has 0 aromatic heterocycles. The van der Waals surface area contributed by atoms with E-state index < -0.39 is 11.9 Å². The number of hydrogen-bond donors (Lipinski definition) is 2. The zero-order valence-corrected chi connectivity index (χ0v) is 11.5. The van der Waals surface area contributed by atoms with Crippen LogP contribution in [0.4, 0.5) is 10.1 Å². The first-order chi connectivity index (χ1) is 8.43. The van der Waals surface area contributed by atoms with Crippen LogP contribution in [0.3, 0.4) is 0 Å². The van der Waals surface area contributed by atoms with Crippen molar-refractivity contribution < 1.29 is 9.18 Å². The van der Waals surface area contributed by atoms with Gasteiger partial charge in [-0.2, -0.15) is 0 Å². The topological polar surface area (TPSA) is 41.1 Å². The van der Waals surface area contributed by atoms with E-state index in [1.807, 2.05) is 13.8 Å². The number of rotatable bonds is 5. The van der Waals surface area contributed by atoms with E-state index in [-0.39, 0.29) is 17.0 Å². The van der Waals surface area contributed by atoms with Crippen LogP contribution in [0, 0.1) is 5.82 Å². The molecule has 0 radical (unpaired) electrons. The Labute approximate surface area is 112 Å². The highest BCUT2D eigenvalue weighted by Crippen LogP contribution is 2.19. The standard InChI is InChI=1S/C13H18ClFN2O/c1-4-8(2)16-13(18)9(3)17-10-5-6-11(14)12(15)7-10/h5-9,17H,4H2,1-3H3,(H,16,18). The van der Waals surface area contributed by atoms with Gasteiger partial charge in [0.05, 0.1) is 5.02 Å². The van der Waals surface area contributed by atoms with Gasteiger partial charge in [0.15, 0.2) is 0 Å². The average molecular weight is 273 g/mol. The molecule has 0 fully saturated rings. The van der Waals surface area contributed by atoms with E-state index in [0.29, 0.717) is 5.69 Å². The minimum Gasteiger partial charge on any atom is -0.374 e. The molecule has 1 rings (SSSR count).